The molecule has 0 aliphatic rings. The Morgan fingerprint density at radius 3 is 2.57 bits per heavy atom. The smallest absolute Gasteiger partial charge is 0.192 e. The molecule has 0 fully saturated rings. The fourth-order valence-corrected chi connectivity index (χ4v) is 3.37. The molecule has 1 aromatic carbocycles. The molecule has 0 spiro atoms. The molecule has 0 saturated carbocycles. The molecule has 0 bridgehead atoms. The van der Waals surface area contributed by atoms with Crippen molar-refractivity contribution in [3.8, 4) is 5.69 Å². The molecule has 2 N–H and O–H groups in total. The molecule has 0 amide bonds. The summed E-state index contributed by atoms with van der Waals surface area (Å²) in [5, 5.41) is 0.144. The lowest BCUT2D eigenvalue weighted by Gasteiger charge is -2.36. The summed E-state index contributed by atoms with van der Waals surface area (Å²) in [4.78, 5) is 0. The van der Waals surface area contributed by atoms with Gasteiger partial charge < -0.3 is 14.7 Å². The number of nitrogen functional groups attached to an aromatic ring is 1. The van der Waals surface area contributed by atoms with Crippen LogP contribution in [0.2, 0.25) is 18.1 Å². The van der Waals surface area contributed by atoms with E-state index in [1.165, 1.54) is 6.07 Å². The summed E-state index contributed by atoms with van der Waals surface area (Å²) in [7, 11) is -1.85. The standard InChI is InChI=1S/C17H24BrFN2OSi/c1-17(2,3)23(4,5)22-11-13-7-6-8-21(13)15-10-12(18)9-14(19)16(15)20/h6-10H,11,20H2,1-5H3. The fourth-order valence-electron chi connectivity index (χ4n) is 2.01. The number of rotatable bonds is 4. The highest BCUT2D eigenvalue weighted by Gasteiger charge is 2.37. The van der Waals surface area contributed by atoms with Crippen LogP contribution < -0.4 is 5.73 Å². The lowest BCUT2D eigenvalue weighted by Crippen LogP contribution is -2.40. The molecule has 0 saturated heterocycles. The molecule has 0 unspecified atom stereocenters. The third kappa shape index (κ3) is 3.87. The first-order valence-corrected chi connectivity index (χ1v) is 11.3. The first-order valence-electron chi connectivity index (χ1n) is 7.58. The lowest BCUT2D eigenvalue weighted by atomic mass is 10.2. The van der Waals surface area contributed by atoms with Crippen molar-refractivity contribution in [2.45, 2.75) is 45.5 Å². The molecule has 6 heteroatoms. The number of halogens is 2. The van der Waals surface area contributed by atoms with E-state index in [9.17, 15) is 4.39 Å². The zero-order chi connectivity index (χ0) is 17.4. The van der Waals surface area contributed by atoms with Crippen LogP contribution in [0, 0.1) is 5.82 Å². The van der Waals surface area contributed by atoms with Crippen molar-refractivity contribution in [1.29, 1.82) is 0 Å². The molecule has 0 aliphatic heterocycles. The Morgan fingerprint density at radius 1 is 1.30 bits per heavy atom. The maximum Gasteiger partial charge on any atom is 0.192 e. The van der Waals surface area contributed by atoms with Gasteiger partial charge in [0.1, 0.15) is 5.82 Å². The molecule has 0 atom stereocenters. The molecular formula is C17H24BrFN2OSi. The summed E-state index contributed by atoms with van der Waals surface area (Å²) in [5.74, 6) is -0.431. The Kier molecular flexibility index (Phi) is 5.08. The summed E-state index contributed by atoms with van der Waals surface area (Å²) in [5.41, 5.74) is 7.63. The van der Waals surface area contributed by atoms with Crippen molar-refractivity contribution >= 4 is 29.9 Å². The van der Waals surface area contributed by atoms with Crippen molar-refractivity contribution in [1.82, 2.24) is 4.57 Å². The predicted octanol–water partition coefficient (Wildman–Crippen LogP) is 5.48. The van der Waals surface area contributed by atoms with Crippen molar-refractivity contribution < 1.29 is 8.82 Å². The first kappa shape index (κ1) is 18.2. The van der Waals surface area contributed by atoms with Gasteiger partial charge in [0.2, 0.25) is 0 Å². The zero-order valence-electron chi connectivity index (χ0n) is 14.3. The zero-order valence-corrected chi connectivity index (χ0v) is 16.9. The van der Waals surface area contributed by atoms with Gasteiger partial charge in [-0.1, -0.05) is 36.7 Å². The maximum atomic E-state index is 13.9. The van der Waals surface area contributed by atoms with Crippen LogP contribution in [0.3, 0.4) is 0 Å². The molecule has 3 nitrogen and oxygen atoms in total. The van der Waals surface area contributed by atoms with Gasteiger partial charge in [-0.3, -0.25) is 0 Å². The van der Waals surface area contributed by atoms with Crippen LogP contribution in [0.4, 0.5) is 10.1 Å². The van der Waals surface area contributed by atoms with Crippen LogP contribution in [-0.4, -0.2) is 12.9 Å². The van der Waals surface area contributed by atoms with Crippen molar-refractivity contribution in [2.24, 2.45) is 0 Å². The first-order chi connectivity index (χ1) is 10.5. The minimum Gasteiger partial charge on any atom is -0.411 e. The van der Waals surface area contributed by atoms with Crippen LogP contribution in [0.25, 0.3) is 5.69 Å². The summed E-state index contributed by atoms with van der Waals surface area (Å²) in [6, 6.07) is 7.08. The van der Waals surface area contributed by atoms with Crippen LogP contribution in [0.5, 0.6) is 0 Å². The SMILES string of the molecule is CC(C)(C)[Si](C)(C)OCc1cccn1-c1cc(Br)cc(F)c1N. The number of aromatic nitrogens is 1. The van der Waals surface area contributed by atoms with E-state index >= 15 is 0 Å². The topological polar surface area (TPSA) is 40.2 Å². The average molecular weight is 399 g/mol. The Balaban J connectivity index is 2.31. The highest BCUT2D eigenvalue weighted by Crippen LogP contribution is 2.37. The Morgan fingerprint density at radius 2 is 1.96 bits per heavy atom. The second-order valence-electron chi connectivity index (χ2n) is 7.24. The minimum atomic E-state index is -1.85. The van der Waals surface area contributed by atoms with Crippen molar-refractivity contribution in [3.05, 3.63) is 46.4 Å². The molecule has 23 heavy (non-hydrogen) atoms. The van der Waals surface area contributed by atoms with Gasteiger partial charge in [0.15, 0.2) is 8.32 Å². The van der Waals surface area contributed by atoms with Gasteiger partial charge in [0.05, 0.1) is 18.0 Å². The summed E-state index contributed by atoms with van der Waals surface area (Å²) >= 11 is 3.32. The Labute approximate surface area is 146 Å². The van der Waals surface area contributed by atoms with Gasteiger partial charge in [-0.15, -0.1) is 0 Å². The van der Waals surface area contributed by atoms with Crippen molar-refractivity contribution in [2.75, 3.05) is 5.73 Å². The summed E-state index contributed by atoms with van der Waals surface area (Å²) < 4.78 is 22.7. The normalized spacial score (nSPS) is 12.7. The van der Waals surface area contributed by atoms with E-state index < -0.39 is 14.1 Å². The number of hydrogen-bond acceptors (Lipinski definition) is 2. The van der Waals surface area contributed by atoms with E-state index in [0.29, 0.717) is 16.8 Å². The Bertz CT molecular complexity index is 707. The second-order valence-corrected chi connectivity index (χ2v) is 13.0. The minimum absolute atomic E-state index is 0.137. The van der Waals surface area contributed by atoms with Gasteiger partial charge >= 0.3 is 0 Å². The largest absolute Gasteiger partial charge is 0.411 e. The van der Waals surface area contributed by atoms with E-state index in [1.54, 1.807) is 0 Å². The monoisotopic (exact) mass is 398 g/mol. The van der Waals surface area contributed by atoms with E-state index in [0.717, 1.165) is 5.69 Å². The van der Waals surface area contributed by atoms with Crippen molar-refractivity contribution in [3.63, 3.8) is 0 Å². The number of nitrogens with two attached hydrogens (primary N) is 1. The van der Waals surface area contributed by atoms with E-state index in [1.807, 2.05) is 29.0 Å². The van der Waals surface area contributed by atoms with Gasteiger partial charge in [-0.2, -0.15) is 0 Å². The van der Waals surface area contributed by atoms with Gasteiger partial charge in [0, 0.05) is 16.4 Å². The molecule has 0 radical (unpaired) electrons. The summed E-state index contributed by atoms with van der Waals surface area (Å²) in [6.45, 7) is 11.5. The van der Waals surface area contributed by atoms with Crippen LogP contribution >= 0.6 is 15.9 Å². The quantitative estimate of drug-likeness (QED) is 0.546. The molecular weight excluding hydrogens is 375 g/mol. The van der Waals surface area contributed by atoms with Gasteiger partial charge in [-0.05, 0) is 42.4 Å². The molecule has 1 heterocycles. The van der Waals surface area contributed by atoms with Crippen LogP contribution in [-0.2, 0) is 11.0 Å². The maximum absolute atomic E-state index is 13.9. The Hall–Kier alpha value is -1.11. The molecule has 0 aliphatic carbocycles. The number of nitrogens with zero attached hydrogens (tertiary/aromatic N) is 1. The van der Waals surface area contributed by atoms with Crippen LogP contribution in [0.15, 0.2) is 34.9 Å². The summed E-state index contributed by atoms with van der Waals surface area (Å²) in [6.07, 6.45) is 1.88. The van der Waals surface area contributed by atoms with E-state index in [2.05, 4.69) is 49.8 Å². The highest BCUT2D eigenvalue weighted by atomic mass is 79.9. The second kappa shape index (κ2) is 6.41. The third-order valence-electron chi connectivity index (χ3n) is 4.55. The molecule has 1 aromatic heterocycles. The average Bonchev–Trinajstić information content (AvgIpc) is 2.87. The fraction of sp³-hybridized carbons (Fsp3) is 0.412. The lowest BCUT2D eigenvalue weighted by molar-refractivity contribution is 0.270. The predicted molar refractivity (Wildman–Crippen MR) is 99.8 cm³/mol. The van der Waals surface area contributed by atoms with E-state index in [4.69, 9.17) is 10.2 Å². The number of anilines is 1. The third-order valence-corrected chi connectivity index (χ3v) is 9.49. The van der Waals surface area contributed by atoms with Crippen LogP contribution in [0.1, 0.15) is 26.5 Å². The molecule has 2 rings (SSSR count). The number of hydrogen-bond donors (Lipinski definition) is 1. The van der Waals surface area contributed by atoms with Gasteiger partial charge in [-0.25, -0.2) is 4.39 Å². The highest BCUT2D eigenvalue weighted by molar-refractivity contribution is 9.10. The van der Waals surface area contributed by atoms with Gasteiger partial charge in [0.25, 0.3) is 0 Å². The molecule has 126 valence electrons. The van der Waals surface area contributed by atoms with E-state index in [-0.39, 0.29) is 10.7 Å². The molecule has 2 aromatic rings. The number of benzene rings is 1.